The molecule has 0 atom stereocenters. The Balaban J connectivity index is 3.27. The SMILES string of the molecule is COc1c(F)cc(Cl)cc1OS(N)(=O)=O. The average Bonchev–Trinajstić information content (AvgIpc) is 1.99. The van der Waals surface area contributed by atoms with Gasteiger partial charge < -0.3 is 8.92 Å². The molecule has 0 bridgehead atoms. The zero-order valence-corrected chi connectivity index (χ0v) is 9.10. The van der Waals surface area contributed by atoms with E-state index >= 15 is 0 Å². The zero-order valence-electron chi connectivity index (χ0n) is 7.53. The fourth-order valence-corrected chi connectivity index (χ4v) is 1.49. The predicted molar refractivity (Wildman–Crippen MR) is 51.7 cm³/mol. The van der Waals surface area contributed by atoms with Crippen LogP contribution in [0.3, 0.4) is 0 Å². The van der Waals surface area contributed by atoms with E-state index < -0.39 is 21.9 Å². The second-order valence-corrected chi connectivity index (χ2v) is 4.08. The van der Waals surface area contributed by atoms with Crippen LogP contribution < -0.4 is 14.1 Å². The highest BCUT2D eigenvalue weighted by Gasteiger charge is 2.16. The number of halogens is 2. The topological polar surface area (TPSA) is 78.6 Å². The second-order valence-electron chi connectivity index (χ2n) is 2.50. The van der Waals surface area contributed by atoms with Gasteiger partial charge in [-0.15, -0.1) is 0 Å². The first-order chi connectivity index (χ1) is 6.83. The van der Waals surface area contributed by atoms with Crippen LogP contribution in [0.2, 0.25) is 5.02 Å². The molecule has 0 spiro atoms. The summed E-state index contributed by atoms with van der Waals surface area (Å²) in [5.74, 6) is -1.62. The molecular weight excluding hydrogens is 249 g/mol. The van der Waals surface area contributed by atoms with Gasteiger partial charge in [0.25, 0.3) is 0 Å². The Labute approximate surface area is 90.8 Å². The smallest absolute Gasteiger partial charge is 0.380 e. The lowest BCUT2D eigenvalue weighted by molar-refractivity contribution is 0.366. The van der Waals surface area contributed by atoms with Crippen molar-refractivity contribution in [3.05, 3.63) is 23.0 Å². The van der Waals surface area contributed by atoms with Crippen LogP contribution in [0.5, 0.6) is 11.5 Å². The lowest BCUT2D eigenvalue weighted by Gasteiger charge is -2.09. The Bertz CT molecular complexity index is 476. The number of hydrogen-bond donors (Lipinski definition) is 1. The summed E-state index contributed by atoms with van der Waals surface area (Å²) in [6, 6.07) is 2.03. The molecule has 0 saturated carbocycles. The third kappa shape index (κ3) is 3.22. The third-order valence-electron chi connectivity index (χ3n) is 1.38. The summed E-state index contributed by atoms with van der Waals surface area (Å²) in [6.45, 7) is 0. The quantitative estimate of drug-likeness (QED) is 0.876. The molecule has 0 saturated heterocycles. The van der Waals surface area contributed by atoms with Crippen LogP contribution in [0.4, 0.5) is 4.39 Å². The number of methoxy groups -OCH3 is 1. The van der Waals surface area contributed by atoms with Gasteiger partial charge in [-0.25, -0.2) is 4.39 Å². The normalized spacial score (nSPS) is 11.2. The molecule has 0 unspecified atom stereocenters. The van der Waals surface area contributed by atoms with Gasteiger partial charge in [0, 0.05) is 11.1 Å². The minimum absolute atomic E-state index is 0.0352. The molecule has 1 aromatic carbocycles. The van der Waals surface area contributed by atoms with Crippen LogP contribution in [0, 0.1) is 5.82 Å². The summed E-state index contributed by atoms with van der Waals surface area (Å²) in [5.41, 5.74) is 0. The summed E-state index contributed by atoms with van der Waals surface area (Å²) in [6.07, 6.45) is 0. The van der Waals surface area contributed by atoms with E-state index in [4.69, 9.17) is 11.6 Å². The van der Waals surface area contributed by atoms with Gasteiger partial charge in [-0.2, -0.15) is 13.6 Å². The first-order valence-corrected chi connectivity index (χ1v) is 5.43. The van der Waals surface area contributed by atoms with Crippen molar-refractivity contribution in [3.8, 4) is 11.5 Å². The Kier molecular flexibility index (Phi) is 3.38. The van der Waals surface area contributed by atoms with Crippen LogP contribution in [-0.2, 0) is 10.3 Å². The highest BCUT2D eigenvalue weighted by Crippen LogP contribution is 2.33. The van der Waals surface area contributed by atoms with Gasteiger partial charge in [-0.3, -0.25) is 0 Å². The molecular formula is C7H7ClFNO4S. The molecule has 1 aromatic rings. The van der Waals surface area contributed by atoms with Gasteiger partial charge >= 0.3 is 10.3 Å². The van der Waals surface area contributed by atoms with Gasteiger partial charge in [0.15, 0.2) is 17.3 Å². The number of rotatable bonds is 3. The van der Waals surface area contributed by atoms with Crippen LogP contribution in [0.25, 0.3) is 0 Å². The Morgan fingerprint density at radius 2 is 2.07 bits per heavy atom. The summed E-state index contributed by atoms with van der Waals surface area (Å²) >= 11 is 5.50. The number of hydrogen-bond acceptors (Lipinski definition) is 4. The fourth-order valence-electron chi connectivity index (χ4n) is 0.922. The Hall–Kier alpha value is -1.05. The number of nitrogens with two attached hydrogens (primary N) is 1. The molecule has 0 radical (unpaired) electrons. The number of ether oxygens (including phenoxy) is 1. The average molecular weight is 256 g/mol. The van der Waals surface area contributed by atoms with Crippen LogP contribution >= 0.6 is 11.6 Å². The maximum absolute atomic E-state index is 13.2. The Morgan fingerprint density at radius 1 is 1.47 bits per heavy atom. The molecule has 8 heteroatoms. The van der Waals surface area contributed by atoms with Crippen molar-refractivity contribution in [1.29, 1.82) is 0 Å². The van der Waals surface area contributed by atoms with Crippen molar-refractivity contribution in [2.24, 2.45) is 5.14 Å². The van der Waals surface area contributed by atoms with Gasteiger partial charge in [-0.05, 0) is 6.07 Å². The van der Waals surface area contributed by atoms with Crippen molar-refractivity contribution in [2.75, 3.05) is 7.11 Å². The molecule has 1 rings (SSSR count). The maximum atomic E-state index is 13.2. The van der Waals surface area contributed by atoms with E-state index in [-0.39, 0.29) is 10.8 Å². The zero-order chi connectivity index (χ0) is 11.6. The summed E-state index contributed by atoms with van der Waals surface area (Å²) in [4.78, 5) is 0. The molecule has 2 N–H and O–H groups in total. The predicted octanol–water partition coefficient (Wildman–Crippen LogP) is 1.07. The van der Waals surface area contributed by atoms with Gasteiger partial charge in [0.2, 0.25) is 0 Å². The van der Waals surface area contributed by atoms with E-state index in [1.807, 2.05) is 0 Å². The van der Waals surface area contributed by atoms with Crippen LogP contribution in [0.1, 0.15) is 0 Å². The molecule has 0 amide bonds. The lowest BCUT2D eigenvalue weighted by Crippen LogP contribution is -2.19. The number of benzene rings is 1. The summed E-state index contributed by atoms with van der Waals surface area (Å²) in [7, 11) is -3.09. The largest absolute Gasteiger partial charge is 0.490 e. The second kappa shape index (κ2) is 4.21. The van der Waals surface area contributed by atoms with Crippen molar-refractivity contribution in [3.63, 3.8) is 0 Å². The van der Waals surface area contributed by atoms with E-state index in [0.717, 1.165) is 19.2 Å². The molecule has 15 heavy (non-hydrogen) atoms. The van der Waals surface area contributed by atoms with E-state index in [9.17, 15) is 12.8 Å². The van der Waals surface area contributed by atoms with Crippen LogP contribution in [-0.4, -0.2) is 15.5 Å². The van der Waals surface area contributed by atoms with Gasteiger partial charge in [0.05, 0.1) is 7.11 Å². The van der Waals surface area contributed by atoms with Crippen molar-refractivity contribution < 1.29 is 21.7 Å². The Morgan fingerprint density at radius 3 is 2.53 bits per heavy atom. The molecule has 5 nitrogen and oxygen atoms in total. The standard InChI is InChI=1S/C7H7ClFNO4S/c1-13-7-5(9)2-4(8)3-6(7)14-15(10,11)12/h2-3H,1H3,(H2,10,11,12). The monoisotopic (exact) mass is 255 g/mol. The molecule has 0 aliphatic carbocycles. The van der Waals surface area contributed by atoms with E-state index in [0.29, 0.717) is 0 Å². The molecule has 0 fully saturated rings. The van der Waals surface area contributed by atoms with Gasteiger partial charge in [-0.1, -0.05) is 11.6 Å². The molecule has 0 heterocycles. The van der Waals surface area contributed by atoms with Crippen molar-refractivity contribution in [2.45, 2.75) is 0 Å². The van der Waals surface area contributed by atoms with Crippen molar-refractivity contribution >= 4 is 21.9 Å². The maximum Gasteiger partial charge on any atom is 0.380 e. The van der Waals surface area contributed by atoms with E-state index in [2.05, 4.69) is 14.1 Å². The van der Waals surface area contributed by atoms with Crippen LogP contribution in [0.15, 0.2) is 12.1 Å². The van der Waals surface area contributed by atoms with E-state index in [1.54, 1.807) is 0 Å². The summed E-state index contributed by atoms with van der Waals surface area (Å²) in [5, 5.41) is 4.58. The highest BCUT2D eigenvalue weighted by atomic mass is 35.5. The highest BCUT2D eigenvalue weighted by molar-refractivity contribution is 7.84. The molecule has 0 aromatic heterocycles. The molecule has 0 aliphatic heterocycles. The minimum Gasteiger partial charge on any atom is -0.490 e. The minimum atomic E-state index is -4.25. The fraction of sp³-hybridized carbons (Fsp3) is 0.143. The van der Waals surface area contributed by atoms with Crippen molar-refractivity contribution in [1.82, 2.24) is 0 Å². The molecule has 84 valence electrons. The van der Waals surface area contributed by atoms with Gasteiger partial charge in [0.1, 0.15) is 0 Å². The van der Waals surface area contributed by atoms with E-state index in [1.165, 1.54) is 0 Å². The lowest BCUT2D eigenvalue weighted by atomic mass is 10.3. The third-order valence-corrected chi connectivity index (χ3v) is 2.01. The first-order valence-electron chi connectivity index (χ1n) is 3.58. The first kappa shape index (κ1) is 12.0. The molecule has 0 aliphatic rings. The summed E-state index contributed by atoms with van der Waals surface area (Å²) < 4.78 is 43.3.